The maximum Gasteiger partial charge on any atom is 0.156 e. The van der Waals surface area contributed by atoms with Gasteiger partial charge in [-0.3, -0.25) is 0 Å². The second kappa shape index (κ2) is 5.44. The van der Waals surface area contributed by atoms with Gasteiger partial charge < -0.3 is 20.3 Å². The van der Waals surface area contributed by atoms with Crippen molar-refractivity contribution in [1.29, 1.82) is 0 Å². The van der Waals surface area contributed by atoms with Gasteiger partial charge in [-0.05, 0) is 19.9 Å². The molecule has 0 saturated carbocycles. The summed E-state index contributed by atoms with van der Waals surface area (Å²) in [6.45, 7) is 5.01. The molecular weight excluding hydrogens is 230 g/mol. The molecule has 0 saturated heterocycles. The monoisotopic (exact) mass is 247 g/mol. The summed E-state index contributed by atoms with van der Waals surface area (Å²) in [7, 11) is 0. The molecule has 3 N–H and O–H groups in total. The van der Waals surface area contributed by atoms with Crippen molar-refractivity contribution in [3.8, 4) is 5.75 Å². The van der Waals surface area contributed by atoms with Gasteiger partial charge in [0.25, 0.3) is 0 Å². The number of ether oxygens (including phenoxy) is 1. The molecule has 1 aromatic carbocycles. The molecule has 0 bridgehead atoms. The minimum Gasteiger partial charge on any atom is -0.494 e. The Labute approximate surface area is 106 Å². The molecule has 1 heterocycles. The van der Waals surface area contributed by atoms with Gasteiger partial charge in [-0.2, -0.15) is 0 Å². The number of hydrogen-bond donors (Lipinski definition) is 2. The number of aromatic nitrogens is 1. The molecule has 1 aromatic heterocycles. The number of nitrogens with one attached hydrogen (secondary N) is 1. The van der Waals surface area contributed by atoms with Crippen LogP contribution in [0.1, 0.15) is 18.4 Å². The molecule has 0 radical (unpaired) electrons. The van der Waals surface area contributed by atoms with Crippen LogP contribution in [-0.4, -0.2) is 11.8 Å². The first-order chi connectivity index (χ1) is 8.67. The van der Waals surface area contributed by atoms with Crippen LogP contribution in [0.25, 0.3) is 0 Å². The second-order valence-corrected chi connectivity index (χ2v) is 4.01. The lowest BCUT2D eigenvalue weighted by Gasteiger charge is -2.09. The van der Waals surface area contributed by atoms with Crippen LogP contribution in [0.4, 0.5) is 11.4 Å². The summed E-state index contributed by atoms with van der Waals surface area (Å²) in [4.78, 5) is 0. The van der Waals surface area contributed by atoms with E-state index in [1.807, 2.05) is 32.0 Å². The van der Waals surface area contributed by atoms with Crippen LogP contribution in [-0.2, 0) is 6.54 Å². The summed E-state index contributed by atoms with van der Waals surface area (Å²) < 4.78 is 10.5. The maximum atomic E-state index is 5.81. The molecule has 0 atom stereocenters. The van der Waals surface area contributed by atoms with E-state index < -0.39 is 0 Å². The summed E-state index contributed by atoms with van der Waals surface area (Å²) in [5.41, 5.74) is 8.24. The Morgan fingerprint density at radius 1 is 1.33 bits per heavy atom. The van der Waals surface area contributed by atoms with Gasteiger partial charge in [-0.1, -0.05) is 5.16 Å². The normalized spacial score (nSPS) is 10.3. The Morgan fingerprint density at radius 2 is 2.17 bits per heavy atom. The fourth-order valence-corrected chi connectivity index (χ4v) is 1.66. The third-order valence-corrected chi connectivity index (χ3v) is 2.38. The van der Waals surface area contributed by atoms with Gasteiger partial charge >= 0.3 is 0 Å². The van der Waals surface area contributed by atoms with Gasteiger partial charge in [0.1, 0.15) is 5.75 Å². The van der Waals surface area contributed by atoms with Crippen molar-refractivity contribution in [2.45, 2.75) is 20.4 Å². The first-order valence-electron chi connectivity index (χ1n) is 5.87. The maximum absolute atomic E-state index is 5.81. The van der Waals surface area contributed by atoms with Crippen LogP contribution in [0.2, 0.25) is 0 Å². The lowest BCUT2D eigenvalue weighted by Crippen LogP contribution is -2.00. The lowest BCUT2D eigenvalue weighted by molar-refractivity contribution is 0.340. The molecule has 5 nitrogen and oxygen atoms in total. The summed E-state index contributed by atoms with van der Waals surface area (Å²) in [6.07, 6.45) is 0. The van der Waals surface area contributed by atoms with Crippen molar-refractivity contribution >= 4 is 11.4 Å². The smallest absolute Gasteiger partial charge is 0.156 e. The minimum absolute atomic E-state index is 0.565. The van der Waals surface area contributed by atoms with E-state index in [0.29, 0.717) is 18.8 Å². The molecule has 2 aromatic rings. The number of anilines is 2. The average molecular weight is 247 g/mol. The Morgan fingerprint density at radius 3 is 2.83 bits per heavy atom. The van der Waals surface area contributed by atoms with E-state index in [0.717, 1.165) is 22.9 Å². The lowest BCUT2D eigenvalue weighted by atomic mass is 10.2. The standard InChI is InChI=1S/C13H17N3O2/c1-3-17-12-6-10(14)5-11(7-12)15-8-13-4-9(2)16-18-13/h4-7,15H,3,8,14H2,1-2H3. The zero-order chi connectivity index (χ0) is 13.0. The molecule has 18 heavy (non-hydrogen) atoms. The SMILES string of the molecule is CCOc1cc(N)cc(NCc2cc(C)no2)c1. The summed E-state index contributed by atoms with van der Waals surface area (Å²) in [6, 6.07) is 7.45. The molecule has 0 fully saturated rings. The van der Waals surface area contributed by atoms with Crippen LogP contribution in [0, 0.1) is 6.92 Å². The molecule has 0 unspecified atom stereocenters. The summed E-state index contributed by atoms with van der Waals surface area (Å²) in [5, 5.41) is 7.05. The zero-order valence-corrected chi connectivity index (χ0v) is 10.6. The second-order valence-electron chi connectivity index (χ2n) is 4.01. The van der Waals surface area contributed by atoms with Gasteiger partial charge in [0, 0.05) is 29.6 Å². The molecular formula is C13H17N3O2. The highest BCUT2D eigenvalue weighted by Gasteiger charge is 2.03. The summed E-state index contributed by atoms with van der Waals surface area (Å²) >= 11 is 0. The summed E-state index contributed by atoms with van der Waals surface area (Å²) in [5.74, 6) is 1.54. The Bertz CT molecular complexity index is 523. The van der Waals surface area contributed by atoms with Crippen LogP contribution in [0.15, 0.2) is 28.8 Å². The predicted octanol–water partition coefficient (Wildman–Crippen LogP) is 2.58. The minimum atomic E-state index is 0.565. The van der Waals surface area contributed by atoms with E-state index in [-0.39, 0.29) is 0 Å². The van der Waals surface area contributed by atoms with E-state index in [4.69, 9.17) is 15.0 Å². The highest BCUT2D eigenvalue weighted by atomic mass is 16.5. The first kappa shape index (κ1) is 12.3. The van der Waals surface area contributed by atoms with E-state index >= 15 is 0 Å². The molecule has 0 aliphatic carbocycles. The Kier molecular flexibility index (Phi) is 3.72. The van der Waals surface area contributed by atoms with Crippen molar-refractivity contribution in [2.24, 2.45) is 0 Å². The van der Waals surface area contributed by atoms with Crippen molar-refractivity contribution in [3.63, 3.8) is 0 Å². The van der Waals surface area contributed by atoms with Gasteiger partial charge in [0.2, 0.25) is 0 Å². The van der Waals surface area contributed by atoms with Crippen molar-refractivity contribution in [3.05, 3.63) is 35.7 Å². The van der Waals surface area contributed by atoms with Gasteiger partial charge in [0.05, 0.1) is 18.8 Å². The number of nitrogens with zero attached hydrogens (tertiary/aromatic N) is 1. The highest BCUT2D eigenvalue weighted by molar-refractivity contribution is 5.59. The number of aryl methyl sites for hydroxylation is 1. The Hall–Kier alpha value is -2.17. The topological polar surface area (TPSA) is 73.3 Å². The van der Waals surface area contributed by atoms with E-state index in [2.05, 4.69) is 10.5 Å². The van der Waals surface area contributed by atoms with E-state index in [1.54, 1.807) is 6.07 Å². The number of benzene rings is 1. The third-order valence-electron chi connectivity index (χ3n) is 2.38. The molecule has 2 rings (SSSR count). The van der Waals surface area contributed by atoms with Crippen LogP contribution < -0.4 is 15.8 Å². The number of hydrogen-bond acceptors (Lipinski definition) is 5. The number of nitrogen functional groups attached to an aromatic ring is 1. The zero-order valence-electron chi connectivity index (χ0n) is 10.6. The molecule has 0 aliphatic heterocycles. The molecule has 5 heteroatoms. The predicted molar refractivity (Wildman–Crippen MR) is 70.6 cm³/mol. The highest BCUT2D eigenvalue weighted by Crippen LogP contribution is 2.23. The quantitative estimate of drug-likeness (QED) is 0.794. The van der Waals surface area contributed by atoms with Gasteiger partial charge in [-0.25, -0.2) is 0 Å². The third kappa shape index (κ3) is 3.16. The Balaban J connectivity index is 2.04. The molecule has 0 aliphatic rings. The van der Waals surface area contributed by atoms with E-state index in [9.17, 15) is 0 Å². The average Bonchev–Trinajstić information content (AvgIpc) is 2.72. The van der Waals surface area contributed by atoms with Gasteiger partial charge in [-0.15, -0.1) is 0 Å². The number of rotatable bonds is 5. The van der Waals surface area contributed by atoms with Crippen LogP contribution in [0.5, 0.6) is 5.75 Å². The largest absolute Gasteiger partial charge is 0.494 e. The fourth-order valence-electron chi connectivity index (χ4n) is 1.66. The van der Waals surface area contributed by atoms with Crippen molar-refractivity contribution in [1.82, 2.24) is 5.16 Å². The van der Waals surface area contributed by atoms with Crippen LogP contribution >= 0.6 is 0 Å². The fraction of sp³-hybridized carbons (Fsp3) is 0.308. The van der Waals surface area contributed by atoms with Crippen LogP contribution in [0.3, 0.4) is 0 Å². The molecule has 0 spiro atoms. The van der Waals surface area contributed by atoms with Gasteiger partial charge in [0.15, 0.2) is 5.76 Å². The van der Waals surface area contributed by atoms with E-state index in [1.165, 1.54) is 0 Å². The first-order valence-corrected chi connectivity index (χ1v) is 5.87. The van der Waals surface area contributed by atoms with Crippen molar-refractivity contribution in [2.75, 3.05) is 17.7 Å². The molecule has 96 valence electrons. The van der Waals surface area contributed by atoms with Crippen molar-refractivity contribution < 1.29 is 9.26 Å². The number of nitrogens with two attached hydrogens (primary N) is 1. The molecule has 0 amide bonds.